The van der Waals surface area contributed by atoms with Crippen LogP contribution in [-0.4, -0.2) is 29.6 Å². The molecule has 5 heteroatoms. The van der Waals surface area contributed by atoms with Crippen molar-refractivity contribution in [3.05, 3.63) is 48.6 Å². The third-order valence-corrected chi connectivity index (χ3v) is 2.38. The van der Waals surface area contributed by atoms with Gasteiger partial charge < -0.3 is 15.2 Å². The van der Waals surface area contributed by atoms with E-state index in [1.807, 2.05) is 30.3 Å². The van der Waals surface area contributed by atoms with Crippen LogP contribution in [0.25, 0.3) is 0 Å². The third-order valence-electron chi connectivity index (χ3n) is 2.38. The van der Waals surface area contributed by atoms with Crippen molar-refractivity contribution in [2.75, 3.05) is 6.61 Å². The zero-order chi connectivity index (χ0) is 14.1. The van der Waals surface area contributed by atoms with E-state index in [4.69, 9.17) is 9.84 Å². The first kappa shape index (κ1) is 14.9. The molecule has 0 bridgehead atoms. The lowest BCUT2D eigenvalue weighted by Gasteiger charge is -2.12. The van der Waals surface area contributed by atoms with Crippen LogP contribution in [0.3, 0.4) is 0 Å². The molecule has 0 radical (unpaired) electrons. The first-order valence-electron chi connectivity index (χ1n) is 5.88. The molecule has 1 rings (SSSR count). The van der Waals surface area contributed by atoms with Crippen LogP contribution in [0.1, 0.15) is 12.0 Å². The number of hydrogen-bond acceptors (Lipinski definition) is 3. The molecule has 0 aliphatic carbocycles. The van der Waals surface area contributed by atoms with Gasteiger partial charge in [-0.05, 0) is 12.0 Å². The summed E-state index contributed by atoms with van der Waals surface area (Å²) < 4.78 is 5.21. The number of nitrogens with one attached hydrogen (secondary N) is 1. The summed E-state index contributed by atoms with van der Waals surface area (Å²) >= 11 is 0. The molecule has 0 spiro atoms. The van der Waals surface area contributed by atoms with Gasteiger partial charge in [0.1, 0.15) is 12.6 Å². The van der Waals surface area contributed by atoms with E-state index in [1.165, 1.54) is 6.08 Å². The predicted octanol–water partition coefficient (Wildman–Crippen LogP) is 1.35. The highest BCUT2D eigenvalue weighted by Crippen LogP contribution is 2.00. The Balaban J connectivity index is 2.31. The Morgan fingerprint density at radius 1 is 1.37 bits per heavy atom. The van der Waals surface area contributed by atoms with E-state index in [0.717, 1.165) is 5.56 Å². The van der Waals surface area contributed by atoms with Gasteiger partial charge in [-0.2, -0.15) is 0 Å². The SMILES string of the molecule is C=CCC(NC(=O)COCc1ccccc1)C(=O)O. The lowest BCUT2D eigenvalue weighted by Crippen LogP contribution is -2.42. The van der Waals surface area contributed by atoms with Crippen molar-refractivity contribution in [1.29, 1.82) is 0 Å². The average molecular weight is 263 g/mol. The number of carboxylic acids is 1. The molecule has 0 aromatic heterocycles. The molecule has 5 nitrogen and oxygen atoms in total. The van der Waals surface area contributed by atoms with Crippen LogP contribution >= 0.6 is 0 Å². The Bertz CT molecular complexity index is 430. The van der Waals surface area contributed by atoms with E-state index in [2.05, 4.69) is 11.9 Å². The van der Waals surface area contributed by atoms with E-state index < -0.39 is 17.9 Å². The van der Waals surface area contributed by atoms with E-state index in [0.29, 0.717) is 6.61 Å². The van der Waals surface area contributed by atoms with Gasteiger partial charge in [-0.15, -0.1) is 6.58 Å². The smallest absolute Gasteiger partial charge is 0.326 e. The first-order chi connectivity index (χ1) is 9.13. The van der Waals surface area contributed by atoms with Crippen molar-refractivity contribution in [2.24, 2.45) is 0 Å². The number of aliphatic carboxylic acids is 1. The summed E-state index contributed by atoms with van der Waals surface area (Å²) in [6.45, 7) is 3.59. The maximum absolute atomic E-state index is 11.5. The Morgan fingerprint density at radius 2 is 2.05 bits per heavy atom. The van der Waals surface area contributed by atoms with Crippen molar-refractivity contribution in [3.63, 3.8) is 0 Å². The quantitative estimate of drug-likeness (QED) is 0.694. The molecule has 1 unspecified atom stereocenters. The summed E-state index contributed by atoms with van der Waals surface area (Å²) in [5, 5.41) is 11.2. The lowest BCUT2D eigenvalue weighted by atomic mass is 10.2. The maximum atomic E-state index is 11.5. The van der Waals surface area contributed by atoms with Crippen LogP contribution in [0.4, 0.5) is 0 Å². The van der Waals surface area contributed by atoms with Gasteiger partial charge in [0.15, 0.2) is 0 Å². The number of carbonyl (C=O) groups is 2. The predicted molar refractivity (Wildman–Crippen MR) is 70.5 cm³/mol. The zero-order valence-corrected chi connectivity index (χ0v) is 10.5. The molecule has 0 heterocycles. The summed E-state index contributed by atoms with van der Waals surface area (Å²) in [4.78, 5) is 22.3. The van der Waals surface area contributed by atoms with Gasteiger partial charge in [0.05, 0.1) is 6.61 Å². The number of amides is 1. The summed E-state index contributed by atoms with van der Waals surface area (Å²) in [5.74, 6) is -1.54. The molecule has 1 atom stereocenters. The molecule has 0 saturated heterocycles. The van der Waals surface area contributed by atoms with Crippen molar-refractivity contribution in [2.45, 2.75) is 19.1 Å². The van der Waals surface area contributed by atoms with E-state index in [1.54, 1.807) is 0 Å². The molecule has 1 amide bonds. The van der Waals surface area contributed by atoms with Crippen molar-refractivity contribution >= 4 is 11.9 Å². The number of rotatable bonds is 8. The van der Waals surface area contributed by atoms with Crippen molar-refractivity contribution in [3.8, 4) is 0 Å². The maximum Gasteiger partial charge on any atom is 0.326 e. The minimum Gasteiger partial charge on any atom is -0.480 e. The summed E-state index contributed by atoms with van der Waals surface area (Å²) in [5.41, 5.74) is 0.955. The molecular weight excluding hydrogens is 246 g/mol. The van der Waals surface area contributed by atoms with Gasteiger partial charge in [-0.25, -0.2) is 4.79 Å². The number of ether oxygens (including phenoxy) is 1. The fraction of sp³-hybridized carbons (Fsp3) is 0.286. The molecule has 0 saturated carbocycles. The van der Waals surface area contributed by atoms with Crippen molar-refractivity contribution < 1.29 is 19.4 Å². The van der Waals surface area contributed by atoms with Crippen molar-refractivity contribution in [1.82, 2.24) is 5.32 Å². The van der Waals surface area contributed by atoms with Gasteiger partial charge in [-0.1, -0.05) is 36.4 Å². The van der Waals surface area contributed by atoms with Crippen LogP contribution < -0.4 is 5.32 Å². The second-order valence-corrected chi connectivity index (χ2v) is 3.96. The molecule has 0 fully saturated rings. The number of benzene rings is 1. The highest BCUT2D eigenvalue weighted by Gasteiger charge is 2.17. The van der Waals surface area contributed by atoms with Crippen LogP contribution in [0.5, 0.6) is 0 Å². The minimum absolute atomic E-state index is 0.171. The van der Waals surface area contributed by atoms with E-state index >= 15 is 0 Å². The van der Waals surface area contributed by atoms with Gasteiger partial charge in [0, 0.05) is 0 Å². The van der Waals surface area contributed by atoms with E-state index in [-0.39, 0.29) is 13.0 Å². The highest BCUT2D eigenvalue weighted by atomic mass is 16.5. The van der Waals surface area contributed by atoms with Crippen LogP contribution in [0.2, 0.25) is 0 Å². The Morgan fingerprint density at radius 3 is 2.63 bits per heavy atom. The summed E-state index contributed by atoms with van der Waals surface area (Å²) in [7, 11) is 0. The van der Waals surface area contributed by atoms with Crippen LogP contribution in [-0.2, 0) is 20.9 Å². The Labute approximate surface area is 111 Å². The Kier molecular flexibility index (Phi) is 6.32. The molecule has 0 aliphatic rings. The topological polar surface area (TPSA) is 75.6 Å². The first-order valence-corrected chi connectivity index (χ1v) is 5.88. The fourth-order valence-electron chi connectivity index (χ4n) is 1.46. The van der Waals surface area contributed by atoms with Gasteiger partial charge in [0.25, 0.3) is 0 Å². The normalized spacial score (nSPS) is 11.6. The zero-order valence-electron chi connectivity index (χ0n) is 10.5. The highest BCUT2D eigenvalue weighted by molar-refractivity contribution is 5.84. The largest absolute Gasteiger partial charge is 0.480 e. The second-order valence-electron chi connectivity index (χ2n) is 3.96. The molecule has 19 heavy (non-hydrogen) atoms. The lowest BCUT2D eigenvalue weighted by molar-refractivity contribution is -0.142. The third kappa shape index (κ3) is 5.83. The average Bonchev–Trinajstić information content (AvgIpc) is 2.39. The monoisotopic (exact) mass is 263 g/mol. The standard InChI is InChI=1S/C14H17NO4/c1-2-6-12(14(17)18)15-13(16)10-19-9-11-7-4-3-5-8-11/h2-5,7-8,12H,1,6,9-10H2,(H,15,16)(H,17,18). The Hall–Kier alpha value is -2.14. The molecule has 102 valence electrons. The van der Waals surface area contributed by atoms with Gasteiger partial charge in [0.2, 0.25) is 5.91 Å². The molecular formula is C14H17NO4. The molecule has 2 N–H and O–H groups in total. The summed E-state index contributed by atoms with van der Waals surface area (Å²) in [6.07, 6.45) is 1.63. The summed E-state index contributed by atoms with van der Waals surface area (Å²) in [6, 6.07) is 8.46. The van der Waals surface area contributed by atoms with E-state index in [9.17, 15) is 9.59 Å². The van der Waals surface area contributed by atoms with Crippen LogP contribution in [0.15, 0.2) is 43.0 Å². The van der Waals surface area contributed by atoms with Gasteiger partial charge >= 0.3 is 5.97 Å². The minimum atomic E-state index is -1.09. The fourth-order valence-corrected chi connectivity index (χ4v) is 1.46. The number of hydrogen-bond donors (Lipinski definition) is 2. The number of carbonyl (C=O) groups excluding carboxylic acids is 1. The molecule has 0 aliphatic heterocycles. The van der Waals surface area contributed by atoms with Crippen LogP contribution in [0, 0.1) is 0 Å². The number of carboxylic acid groups (broad SMARTS) is 1. The second kappa shape index (κ2) is 8.05. The molecule has 1 aromatic rings. The van der Waals surface area contributed by atoms with Gasteiger partial charge in [-0.3, -0.25) is 4.79 Å². The molecule has 1 aromatic carbocycles.